The molecule has 0 unspecified atom stereocenters. The van der Waals surface area contributed by atoms with Gasteiger partial charge in [0, 0.05) is 38.3 Å². The first-order chi connectivity index (χ1) is 10.1. The molecule has 0 aromatic carbocycles. The van der Waals surface area contributed by atoms with Gasteiger partial charge in [0.05, 0.1) is 6.61 Å². The van der Waals surface area contributed by atoms with Gasteiger partial charge in [0.15, 0.2) is 0 Å². The van der Waals surface area contributed by atoms with Crippen molar-refractivity contribution in [1.29, 1.82) is 0 Å². The minimum absolute atomic E-state index is 0.0698. The smallest absolute Gasteiger partial charge is 0.246 e. The molecule has 0 radical (unpaired) electrons. The third kappa shape index (κ3) is 4.19. The molecule has 21 heavy (non-hydrogen) atoms. The summed E-state index contributed by atoms with van der Waals surface area (Å²) in [4.78, 5) is 27.7. The van der Waals surface area contributed by atoms with E-state index < -0.39 is 0 Å². The molecule has 1 aliphatic heterocycles. The maximum atomic E-state index is 12.0. The lowest BCUT2D eigenvalue weighted by molar-refractivity contribution is -0.127. The molecule has 0 N–H and O–H groups in total. The van der Waals surface area contributed by atoms with Crippen molar-refractivity contribution in [1.82, 2.24) is 9.80 Å². The Morgan fingerprint density at radius 2 is 2.10 bits per heavy atom. The molecule has 0 atom stereocenters. The van der Waals surface area contributed by atoms with Crippen molar-refractivity contribution in [3.8, 4) is 5.75 Å². The van der Waals surface area contributed by atoms with Crippen LogP contribution in [0.3, 0.4) is 0 Å². The van der Waals surface area contributed by atoms with Crippen LogP contribution in [0.4, 0.5) is 0 Å². The fraction of sp³-hybridized carbons (Fsp3) is 0.467. The van der Waals surface area contributed by atoms with Gasteiger partial charge in [-0.05, 0) is 20.0 Å². The van der Waals surface area contributed by atoms with Crippen LogP contribution in [-0.4, -0.2) is 55.5 Å². The van der Waals surface area contributed by atoms with E-state index in [2.05, 4.69) is 4.90 Å². The summed E-state index contributed by atoms with van der Waals surface area (Å²) in [6.07, 6.45) is 4.22. The zero-order valence-electron chi connectivity index (χ0n) is 12.4. The van der Waals surface area contributed by atoms with Gasteiger partial charge in [-0.15, -0.1) is 0 Å². The third-order valence-electron chi connectivity index (χ3n) is 3.32. The fourth-order valence-corrected chi connectivity index (χ4v) is 2.05. The summed E-state index contributed by atoms with van der Waals surface area (Å²) in [5.41, 5.74) is -0.255. The highest BCUT2D eigenvalue weighted by atomic mass is 16.5. The molecule has 114 valence electrons. The molecule has 2 heterocycles. The summed E-state index contributed by atoms with van der Waals surface area (Å²) < 4.78 is 10.4. The van der Waals surface area contributed by atoms with Crippen LogP contribution in [0, 0.1) is 0 Å². The Labute approximate surface area is 123 Å². The summed E-state index contributed by atoms with van der Waals surface area (Å²) in [6.45, 7) is 5.37. The average molecular weight is 292 g/mol. The minimum Gasteiger partial charge on any atom is -0.487 e. The van der Waals surface area contributed by atoms with Crippen molar-refractivity contribution in [2.75, 3.05) is 39.8 Å². The molecule has 1 fully saturated rings. The van der Waals surface area contributed by atoms with Crippen molar-refractivity contribution in [3.05, 3.63) is 34.4 Å². The molecule has 2 rings (SSSR count). The lowest BCUT2D eigenvalue weighted by Crippen LogP contribution is -2.46. The minimum atomic E-state index is -0.255. The highest BCUT2D eigenvalue weighted by Crippen LogP contribution is 2.08. The Kier molecular flexibility index (Phi) is 5.16. The van der Waals surface area contributed by atoms with Gasteiger partial charge in [0.25, 0.3) is 0 Å². The van der Waals surface area contributed by atoms with Gasteiger partial charge in [-0.2, -0.15) is 0 Å². The Morgan fingerprint density at radius 1 is 1.38 bits per heavy atom. The van der Waals surface area contributed by atoms with Crippen molar-refractivity contribution in [2.45, 2.75) is 6.92 Å². The number of nitrogens with zero attached hydrogens (tertiary/aromatic N) is 2. The first-order valence-corrected chi connectivity index (χ1v) is 7.01. The SMILES string of the molecule is CCOc1coc(/C=C/C(=O)N2CCN(C)CC2)cc1=O. The van der Waals surface area contributed by atoms with Crippen LogP contribution in [0.2, 0.25) is 0 Å². The largest absolute Gasteiger partial charge is 0.487 e. The van der Waals surface area contributed by atoms with Gasteiger partial charge in [0.1, 0.15) is 12.0 Å². The van der Waals surface area contributed by atoms with Crippen LogP contribution in [0.1, 0.15) is 12.7 Å². The van der Waals surface area contributed by atoms with Gasteiger partial charge < -0.3 is 19.0 Å². The number of hydrogen-bond acceptors (Lipinski definition) is 5. The number of hydrogen-bond donors (Lipinski definition) is 0. The van der Waals surface area contributed by atoms with Crippen LogP contribution in [0.25, 0.3) is 6.08 Å². The third-order valence-corrected chi connectivity index (χ3v) is 3.32. The van der Waals surface area contributed by atoms with E-state index in [1.165, 1.54) is 24.5 Å². The van der Waals surface area contributed by atoms with Crippen LogP contribution >= 0.6 is 0 Å². The van der Waals surface area contributed by atoms with Gasteiger partial charge >= 0.3 is 0 Å². The van der Waals surface area contributed by atoms with Crippen molar-refractivity contribution in [2.24, 2.45) is 0 Å². The number of rotatable bonds is 4. The van der Waals surface area contributed by atoms with Crippen molar-refractivity contribution in [3.63, 3.8) is 0 Å². The van der Waals surface area contributed by atoms with Crippen LogP contribution < -0.4 is 10.2 Å². The molecule has 6 nitrogen and oxygen atoms in total. The second-order valence-corrected chi connectivity index (χ2v) is 4.91. The molecule has 1 aliphatic rings. The maximum Gasteiger partial charge on any atom is 0.246 e. The zero-order valence-corrected chi connectivity index (χ0v) is 12.4. The zero-order chi connectivity index (χ0) is 15.2. The standard InChI is InChI=1S/C15H20N2O4/c1-3-20-14-11-21-12(10-13(14)18)4-5-15(19)17-8-6-16(2)7-9-17/h4-5,10-11H,3,6-9H2,1-2H3/b5-4+. The van der Waals surface area contributed by atoms with Crippen LogP contribution in [0.15, 0.2) is 27.6 Å². The highest BCUT2D eigenvalue weighted by Gasteiger charge is 2.16. The van der Waals surface area contributed by atoms with E-state index in [0.29, 0.717) is 25.5 Å². The van der Waals surface area contributed by atoms with E-state index in [1.807, 2.05) is 7.05 Å². The number of piperazine rings is 1. The maximum absolute atomic E-state index is 12.0. The highest BCUT2D eigenvalue weighted by molar-refractivity contribution is 5.91. The second-order valence-electron chi connectivity index (χ2n) is 4.91. The normalized spacial score (nSPS) is 16.4. The number of likely N-dealkylation sites (N-methyl/N-ethyl adjacent to an activating group) is 1. The van der Waals surface area contributed by atoms with E-state index in [0.717, 1.165) is 13.1 Å². The first-order valence-electron chi connectivity index (χ1n) is 7.01. The molecule has 0 saturated carbocycles. The predicted octanol–water partition coefficient (Wildman–Crippen LogP) is 0.826. The second kappa shape index (κ2) is 7.08. The van der Waals surface area contributed by atoms with Crippen molar-refractivity contribution < 1.29 is 13.9 Å². The first kappa shape index (κ1) is 15.3. The quantitative estimate of drug-likeness (QED) is 0.769. The van der Waals surface area contributed by atoms with E-state index in [4.69, 9.17) is 9.15 Å². The van der Waals surface area contributed by atoms with Gasteiger partial charge in [0.2, 0.25) is 17.1 Å². The Bertz CT molecular complexity index is 571. The van der Waals surface area contributed by atoms with Gasteiger partial charge in [-0.1, -0.05) is 0 Å². The van der Waals surface area contributed by atoms with Gasteiger partial charge in [-0.3, -0.25) is 9.59 Å². The summed E-state index contributed by atoms with van der Waals surface area (Å²) in [7, 11) is 2.03. The van der Waals surface area contributed by atoms with Crippen LogP contribution in [-0.2, 0) is 4.79 Å². The lowest BCUT2D eigenvalue weighted by atomic mass is 10.3. The summed E-state index contributed by atoms with van der Waals surface area (Å²) in [5, 5.41) is 0. The number of carbonyl (C=O) groups excluding carboxylic acids is 1. The summed E-state index contributed by atoms with van der Waals surface area (Å²) in [5.74, 6) is 0.450. The molecular formula is C15H20N2O4. The lowest BCUT2D eigenvalue weighted by Gasteiger charge is -2.31. The Morgan fingerprint density at radius 3 is 2.71 bits per heavy atom. The molecule has 0 aliphatic carbocycles. The summed E-state index contributed by atoms with van der Waals surface area (Å²) >= 11 is 0. The van der Waals surface area contributed by atoms with Crippen molar-refractivity contribution >= 4 is 12.0 Å². The average Bonchev–Trinajstić information content (AvgIpc) is 2.48. The summed E-state index contributed by atoms with van der Waals surface area (Å²) in [6, 6.07) is 1.32. The Hall–Kier alpha value is -2.08. The molecule has 1 saturated heterocycles. The molecule has 0 bridgehead atoms. The van der Waals surface area contributed by atoms with Crippen LogP contribution in [0.5, 0.6) is 5.75 Å². The molecule has 0 spiro atoms. The molecule has 1 aromatic rings. The fourth-order valence-electron chi connectivity index (χ4n) is 2.05. The van der Waals surface area contributed by atoms with E-state index >= 15 is 0 Å². The van der Waals surface area contributed by atoms with E-state index in [-0.39, 0.29) is 17.1 Å². The number of amides is 1. The van der Waals surface area contributed by atoms with E-state index in [9.17, 15) is 9.59 Å². The number of carbonyl (C=O) groups is 1. The molecule has 1 amide bonds. The molecule has 1 aromatic heterocycles. The van der Waals surface area contributed by atoms with Gasteiger partial charge in [-0.25, -0.2) is 0 Å². The van der Waals surface area contributed by atoms with E-state index in [1.54, 1.807) is 11.8 Å². The molecular weight excluding hydrogens is 272 g/mol. The number of ether oxygens (including phenoxy) is 1. The Balaban J connectivity index is 1.99. The predicted molar refractivity (Wildman–Crippen MR) is 79.3 cm³/mol. The topological polar surface area (TPSA) is 63.0 Å². The monoisotopic (exact) mass is 292 g/mol. The molecule has 6 heteroatoms.